The summed E-state index contributed by atoms with van der Waals surface area (Å²) < 4.78 is 73.8. The topological polar surface area (TPSA) is 76.6 Å². The Morgan fingerprint density at radius 1 is 1.07 bits per heavy atom. The second-order valence-corrected chi connectivity index (χ2v) is 8.02. The molecule has 10 heteroatoms. The maximum absolute atomic E-state index is 13.6. The molecule has 0 atom stereocenters. The van der Waals surface area contributed by atoms with Crippen molar-refractivity contribution in [3.05, 3.63) is 78.6 Å². The van der Waals surface area contributed by atoms with E-state index in [1.165, 1.54) is 41.5 Å². The highest BCUT2D eigenvalue weighted by molar-refractivity contribution is 7.89. The number of hydrogen-bond acceptors (Lipinski definition) is 4. The minimum atomic E-state index is -4.63. The normalized spacial score (nSPS) is 12.5. The van der Waals surface area contributed by atoms with E-state index in [4.69, 9.17) is 4.42 Å². The molecule has 1 aromatic carbocycles. The molecule has 3 aromatic heterocycles. The first-order chi connectivity index (χ1) is 13.7. The Kier molecular flexibility index (Phi) is 4.67. The van der Waals surface area contributed by atoms with Crippen LogP contribution in [0.2, 0.25) is 0 Å². The Morgan fingerprint density at radius 3 is 2.48 bits per heavy atom. The highest BCUT2D eigenvalue weighted by atomic mass is 32.2. The molecule has 0 radical (unpaired) electrons. The molecule has 0 aliphatic heterocycles. The van der Waals surface area contributed by atoms with E-state index in [9.17, 15) is 21.6 Å². The molecule has 0 saturated carbocycles. The summed E-state index contributed by atoms with van der Waals surface area (Å²) in [5.41, 5.74) is -0.295. The number of nitrogens with zero attached hydrogens (tertiary/aromatic N) is 2. The summed E-state index contributed by atoms with van der Waals surface area (Å²) in [6.07, 6.45) is 0.921. The van der Waals surface area contributed by atoms with Crippen molar-refractivity contribution < 1.29 is 26.0 Å². The zero-order chi connectivity index (χ0) is 20.6. The van der Waals surface area contributed by atoms with Gasteiger partial charge in [0.2, 0.25) is 10.0 Å². The minimum absolute atomic E-state index is 0.0574. The van der Waals surface area contributed by atoms with Crippen LogP contribution in [0.3, 0.4) is 0 Å². The number of nitrogens with one attached hydrogen (secondary N) is 1. The molecule has 0 unspecified atom stereocenters. The van der Waals surface area contributed by atoms with Gasteiger partial charge in [0.05, 0.1) is 35.2 Å². The summed E-state index contributed by atoms with van der Waals surface area (Å²) >= 11 is 0. The number of hydrogen-bond donors (Lipinski definition) is 1. The molecular formula is C19H14F3N3O3S. The molecule has 0 bridgehead atoms. The smallest absolute Gasteiger partial charge is 0.420 e. The van der Waals surface area contributed by atoms with E-state index in [0.29, 0.717) is 11.1 Å². The zero-order valence-corrected chi connectivity index (χ0v) is 15.5. The molecule has 150 valence electrons. The van der Waals surface area contributed by atoms with E-state index in [2.05, 4.69) is 9.71 Å². The fourth-order valence-corrected chi connectivity index (χ4v) is 3.90. The molecule has 0 aliphatic rings. The lowest BCUT2D eigenvalue weighted by Crippen LogP contribution is -2.23. The molecule has 4 aromatic rings. The van der Waals surface area contributed by atoms with Gasteiger partial charge in [0.25, 0.3) is 0 Å². The van der Waals surface area contributed by atoms with Gasteiger partial charge in [0, 0.05) is 23.5 Å². The Labute approximate surface area is 163 Å². The second kappa shape index (κ2) is 7.05. The maximum Gasteiger partial charge on any atom is 0.420 e. The zero-order valence-electron chi connectivity index (χ0n) is 14.7. The van der Waals surface area contributed by atoms with Crippen molar-refractivity contribution in [2.24, 2.45) is 0 Å². The number of imidazole rings is 1. The van der Waals surface area contributed by atoms with E-state index in [1.54, 1.807) is 24.3 Å². The first-order valence-electron chi connectivity index (χ1n) is 8.40. The van der Waals surface area contributed by atoms with Crippen molar-refractivity contribution in [1.29, 1.82) is 0 Å². The van der Waals surface area contributed by atoms with E-state index in [1.807, 2.05) is 0 Å². The van der Waals surface area contributed by atoms with Crippen molar-refractivity contribution in [1.82, 2.24) is 14.1 Å². The second-order valence-electron chi connectivity index (χ2n) is 6.25. The lowest BCUT2D eigenvalue weighted by molar-refractivity contribution is -0.136. The summed E-state index contributed by atoms with van der Waals surface area (Å²) in [5, 5.41) is 0. The van der Waals surface area contributed by atoms with Gasteiger partial charge < -0.3 is 8.82 Å². The van der Waals surface area contributed by atoms with Crippen molar-refractivity contribution >= 4 is 15.7 Å². The lowest BCUT2D eigenvalue weighted by Gasteiger charge is -2.10. The SMILES string of the molecule is O=S(=O)(NCc1cn2cc(-c3ccoc3)cc(C(F)(F)F)c2n1)c1ccccc1. The van der Waals surface area contributed by atoms with Gasteiger partial charge in [0.1, 0.15) is 5.65 Å². The number of pyridine rings is 1. The number of furan rings is 1. The molecule has 29 heavy (non-hydrogen) atoms. The van der Waals surface area contributed by atoms with Gasteiger partial charge in [0.15, 0.2) is 0 Å². The molecule has 3 heterocycles. The van der Waals surface area contributed by atoms with E-state index in [0.717, 1.165) is 6.07 Å². The molecule has 4 rings (SSSR count). The van der Waals surface area contributed by atoms with Gasteiger partial charge >= 0.3 is 6.18 Å². The van der Waals surface area contributed by atoms with Crippen LogP contribution >= 0.6 is 0 Å². The van der Waals surface area contributed by atoms with Gasteiger partial charge in [-0.3, -0.25) is 0 Å². The summed E-state index contributed by atoms with van der Waals surface area (Å²) in [7, 11) is -3.81. The van der Waals surface area contributed by atoms with Crippen molar-refractivity contribution in [3.63, 3.8) is 0 Å². The van der Waals surface area contributed by atoms with Gasteiger partial charge in [-0.2, -0.15) is 13.2 Å². The maximum atomic E-state index is 13.6. The highest BCUT2D eigenvalue weighted by Crippen LogP contribution is 2.35. The minimum Gasteiger partial charge on any atom is -0.472 e. The average Bonchev–Trinajstić information content (AvgIpc) is 3.35. The van der Waals surface area contributed by atoms with Crippen molar-refractivity contribution in [2.45, 2.75) is 17.6 Å². The number of sulfonamides is 1. The third-order valence-corrected chi connectivity index (χ3v) is 5.67. The summed E-state index contributed by atoms with van der Waals surface area (Å²) in [6, 6.07) is 10.2. The van der Waals surface area contributed by atoms with E-state index >= 15 is 0 Å². The monoisotopic (exact) mass is 421 g/mol. The first kappa shape index (κ1) is 19.2. The molecule has 0 fully saturated rings. The lowest BCUT2D eigenvalue weighted by atomic mass is 10.1. The van der Waals surface area contributed by atoms with E-state index in [-0.39, 0.29) is 22.8 Å². The number of rotatable bonds is 5. The highest BCUT2D eigenvalue weighted by Gasteiger charge is 2.35. The molecule has 0 amide bonds. The summed E-state index contributed by atoms with van der Waals surface area (Å²) in [6.45, 7) is -0.253. The third kappa shape index (κ3) is 3.89. The van der Waals surface area contributed by atoms with Gasteiger partial charge in [-0.15, -0.1) is 0 Å². The largest absolute Gasteiger partial charge is 0.472 e. The standard InChI is InChI=1S/C19H14F3N3O3S/c20-19(21,22)17-8-14(13-6-7-28-12-13)10-25-11-15(24-18(17)25)9-23-29(26,27)16-4-2-1-3-5-16/h1-8,10-12,23H,9H2. The summed E-state index contributed by atoms with van der Waals surface area (Å²) in [4.78, 5) is 4.05. The fraction of sp³-hybridized carbons (Fsp3) is 0.105. The molecule has 6 nitrogen and oxygen atoms in total. The third-order valence-electron chi connectivity index (χ3n) is 4.26. The van der Waals surface area contributed by atoms with Gasteiger partial charge in [-0.25, -0.2) is 18.1 Å². The molecule has 0 aliphatic carbocycles. The van der Waals surface area contributed by atoms with Crippen LogP contribution in [0, 0.1) is 0 Å². The number of alkyl halides is 3. The fourth-order valence-electron chi connectivity index (χ4n) is 2.88. The Bertz CT molecular complexity index is 1250. The molecule has 1 N–H and O–H groups in total. The van der Waals surface area contributed by atoms with Crippen LogP contribution in [-0.2, 0) is 22.7 Å². The Morgan fingerprint density at radius 2 is 1.83 bits per heavy atom. The Balaban J connectivity index is 1.70. The summed E-state index contributed by atoms with van der Waals surface area (Å²) in [5.74, 6) is 0. The van der Waals surface area contributed by atoms with Crippen LogP contribution in [-0.4, -0.2) is 17.8 Å². The number of halogens is 3. The van der Waals surface area contributed by atoms with Crippen LogP contribution in [0.5, 0.6) is 0 Å². The Hall–Kier alpha value is -3.11. The predicted octanol–water partition coefficient (Wildman–Crippen LogP) is 4.09. The van der Waals surface area contributed by atoms with Crippen molar-refractivity contribution in [3.8, 4) is 11.1 Å². The van der Waals surface area contributed by atoms with Crippen LogP contribution in [0.1, 0.15) is 11.3 Å². The van der Waals surface area contributed by atoms with Crippen LogP contribution in [0.25, 0.3) is 16.8 Å². The number of fused-ring (bicyclic) bond motifs is 1. The van der Waals surface area contributed by atoms with Crippen molar-refractivity contribution in [2.75, 3.05) is 0 Å². The number of aromatic nitrogens is 2. The first-order valence-corrected chi connectivity index (χ1v) is 9.88. The van der Waals surface area contributed by atoms with E-state index < -0.39 is 21.8 Å². The quantitative estimate of drug-likeness (QED) is 0.527. The number of benzene rings is 1. The molecule has 0 spiro atoms. The van der Waals surface area contributed by atoms with Gasteiger partial charge in [-0.1, -0.05) is 18.2 Å². The van der Waals surface area contributed by atoms with Crippen LogP contribution in [0.15, 0.2) is 76.7 Å². The molecular weight excluding hydrogens is 407 g/mol. The average molecular weight is 421 g/mol. The van der Waals surface area contributed by atoms with Crippen LogP contribution < -0.4 is 4.72 Å². The van der Waals surface area contributed by atoms with Gasteiger partial charge in [-0.05, 0) is 24.3 Å². The molecule has 0 saturated heterocycles. The predicted molar refractivity (Wildman–Crippen MR) is 98.4 cm³/mol. The van der Waals surface area contributed by atoms with Crippen LogP contribution in [0.4, 0.5) is 13.2 Å².